The minimum absolute atomic E-state index is 0.0765. The van der Waals surface area contributed by atoms with E-state index in [0.717, 1.165) is 56.5 Å². The van der Waals surface area contributed by atoms with E-state index in [2.05, 4.69) is 43.5 Å². The van der Waals surface area contributed by atoms with Gasteiger partial charge in [-0.15, -0.1) is 11.3 Å². The van der Waals surface area contributed by atoms with Crippen LogP contribution in [0.25, 0.3) is 21.5 Å². The molecule has 32 heavy (non-hydrogen) atoms. The second-order valence-electron chi connectivity index (χ2n) is 7.81. The lowest BCUT2D eigenvalue weighted by molar-refractivity contribution is 0.0261. The van der Waals surface area contributed by atoms with Gasteiger partial charge in [0, 0.05) is 41.1 Å². The Morgan fingerprint density at radius 2 is 2.06 bits per heavy atom. The zero-order valence-electron chi connectivity index (χ0n) is 18.0. The van der Waals surface area contributed by atoms with Crippen molar-refractivity contribution >= 4 is 28.1 Å². The Morgan fingerprint density at radius 3 is 2.81 bits per heavy atom. The van der Waals surface area contributed by atoms with Gasteiger partial charge in [-0.3, -0.25) is 0 Å². The maximum atomic E-state index is 6.44. The zero-order valence-corrected chi connectivity index (χ0v) is 18.8. The topological polar surface area (TPSA) is 94.9 Å². The van der Waals surface area contributed by atoms with Crippen LogP contribution in [-0.2, 0) is 4.74 Å². The van der Waals surface area contributed by atoms with Gasteiger partial charge in [0.15, 0.2) is 0 Å². The monoisotopic (exact) mass is 448 g/mol. The Balaban J connectivity index is 1.57. The molecule has 164 valence electrons. The van der Waals surface area contributed by atoms with Crippen molar-refractivity contribution in [2.24, 2.45) is 0 Å². The van der Waals surface area contributed by atoms with Gasteiger partial charge in [-0.1, -0.05) is 0 Å². The van der Waals surface area contributed by atoms with Crippen LogP contribution in [0.2, 0.25) is 0 Å². The molecule has 1 N–H and O–H groups in total. The maximum Gasteiger partial charge on any atom is 0.146 e. The summed E-state index contributed by atoms with van der Waals surface area (Å²) in [5, 5.41) is 13.5. The van der Waals surface area contributed by atoms with Gasteiger partial charge in [-0.05, 0) is 38.1 Å². The van der Waals surface area contributed by atoms with Crippen molar-refractivity contribution in [3.05, 3.63) is 53.6 Å². The quantitative estimate of drug-likeness (QED) is 0.458. The number of benzene rings is 1. The van der Waals surface area contributed by atoms with Crippen LogP contribution < -0.4 is 10.1 Å². The molecule has 1 aromatic carbocycles. The highest BCUT2D eigenvalue weighted by Gasteiger charge is 2.20. The van der Waals surface area contributed by atoms with Crippen LogP contribution in [0.15, 0.2) is 43.0 Å². The molecule has 1 unspecified atom stereocenters. The number of rotatable bonds is 6. The molecule has 3 aromatic heterocycles. The summed E-state index contributed by atoms with van der Waals surface area (Å²) in [6.07, 6.45) is 6.95. The molecule has 0 spiro atoms. The summed E-state index contributed by atoms with van der Waals surface area (Å²) < 4.78 is 11.9. The fraction of sp³-hybridized carbons (Fsp3) is 0.348. The second kappa shape index (κ2) is 9.13. The predicted octanol–water partition coefficient (Wildman–Crippen LogP) is 4.58. The van der Waals surface area contributed by atoms with Crippen LogP contribution in [0.4, 0.5) is 5.82 Å². The van der Waals surface area contributed by atoms with Crippen LogP contribution in [0.1, 0.15) is 36.4 Å². The first-order chi connectivity index (χ1) is 15.7. The first-order valence-electron chi connectivity index (χ1n) is 10.7. The minimum Gasteiger partial charge on any atom is -0.488 e. The van der Waals surface area contributed by atoms with Gasteiger partial charge in [0.2, 0.25) is 0 Å². The molecule has 1 aliphatic heterocycles. The van der Waals surface area contributed by atoms with Crippen molar-refractivity contribution in [1.29, 1.82) is 0 Å². The van der Waals surface area contributed by atoms with Crippen molar-refractivity contribution < 1.29 is 9.47 Å². The van der Waals surface area contributed by atoms with E-state index in [9.17, 15) is 0 Å². The standard InChI is InChI=1S/C23H24N6O2S/c1-14-12-24-23(32-14)16-10-18-21(20(11-16)31-17-5-8-30-9-6-17)25-13-26-22(18)28-15(2)19-4-3-7-27-29-19/h3-4,7,10-13,15,17H,5-6,8-9H2,1-2H3,(H,25,26,28). The summed E-state index contributed by atoms with van der Waals surface area (Å²) in [7, 11) is 0. The Hall–Kier alpha value is -3.17. The van der Waals surface area contributed by atoms with Crippen molar-refractivity contribution in [2.45, 2.75) is 38.8 Å². The van der Waals surface area contributed by atoms with Gasteiger partial charge in [-0.25, -0.2) is 15.0 Å². The average Bonchev–Trinajstić information content (AvgIpc) is 3.27. The number of thiazole rings is 1. The molecule has 4 heterocycles. The molecule has 0 saturated carbocycles. The summed E-state index contributed by atoms with van der Waals surface area (Å²) in [5.41, 5.74) is 2.60. The summed E-state index contributed by atoms with van der Waals surface area (Å²) in [4.78, 5) is 14.9. The molecule has 0 radical (unpaired) electrons. The number of hydrogen-bond acceptors (Lipinski definition) is 9. The van der Waals surface area contributed by atoms with Gasteiger partial charge in [0.1, 0.15) is 34.5 Å². The zero-order chi connectivity index (χ0) is 21.9. The Morgan fingerprint density at radius 1 is 1.19 bits per heavy atom. The highest BCUT2D eigenvalue weighted by molar-refractivity contribution is 7.14. The fourth-order valence-electron chi connectivity index (χ4n) is 3.75. The molecule has 0 bridgehead atoms. The first kappa shape index (κ1) is 20.7. The fourth-order valence-corrected chi connectivity index (χ4v) is 4.50. The molecule has 0 aliphatic carbocycles. The van der Waals surface area contributed by atoms with E-state index in [-0.39, 0.29) is 12.1 Å². The van der Waals surface area contributed by atoms with Gasteiger partial charge in [0.25, 0.3) is 0 Å². The van der Waals surface area contributed by atoms with E-state index in [1.54, 1.807) is 23.9 Å². The molecule has 1 atom stereocenters. The molecule has 1 aliphatic rings. The lowest BCUT2D eigenvalue weighted by Crippen LogP contribution is -2.26. The van der Waals surface area contributed by atoms with Crippen molar-refractivity contribution in [1.82, 2.24) is 25.1 Å². The summed E-state index contributed by atoms with van der Waals surface area (Å²) in [5.74, 6) is 1.47. The van der Waals surface area contributed by atoms with Gasteiger partial charge in [-0.2, -0.15) is 10.2 Å². The van der Waals surface area contributed by atoms with Crippen LogP contribution in [-0.4, -0.2) is 44.5 Å². The van der Waals surface area contributed by atoms with Crippen molar-refractivity contribution in [3.63, 3.8) is 0 Å². The third kappa shape index (κ3) is 4.39. The van der Waals surface area contributed by atoms with Crippen LogP contribution in [0.5, 0.6) is 5.75 Å². The van der Waals surface area contributed by atoms with Crippen molar-refractivity contribution in [2.75, 3.05) is 18.5 Å². The Kier molecular flexibility index (Phi) is 5.91. The first-order valence-corrected chi connectivity index (χ1v) is 11.5. The van der Waals surface area contributed by atoms with E-state index < -0.39 is 0 Å². The summed E-state index contributed by atoms with van der Waals surface area (Å²) >= 11 is 1.65. The number of hydrogen-bond donors (Lipinski definition) is 1. The summed E-state index contributed by atoms with van der Waals surface area (Å²) in [6.45, 7) is 5.52. The van der Waals surface area contributed by atoms with Crippen LogP contribution >= 0.6 is 11.3 Å². The number of aryl methyl sites for hydroxylation is 1. The third-order valence-corrected chi connectivity index (χ3v) is 6.39. The van der Waals surface area contributed by atoms with E-state index in [0.29, 0.717) is 13.2 Å². The maximum absolute atomic E-state index is 6.44. The molecule has 1 fully saturated rings. The predicted molar refractivity (Wildman–Crippen MR) is 124 cm³/mol. The molecule has 4 aromatic rings. The third-order valence-electron chi connectivity index (χ3n) is 5.42. The SMILES string of the molecule is Cc1cnc(-c2cc(OC3CCOCC3)c3ncnc(NC(C)c4cccnn4)c3c2)s1. The number of aromatic nitrogens is 5. The number of nitrogens with zero attached hydrogens (tertiary/aromatic N) is 5. The Labute approximate surface area is 190 Å². The van der Waals surface area contributed by atoms with Gasteiger partial charge < -0.3 is 14.8 Å². The minimum atomic E-state index is -0.0765. The lowest BCUT2D eigenvalue weighted by Gasteiger charge is -2.24. The van der Waals surface area contributed by atoms with E-state index >= 15 is 0 Å². The largest absolute Gasteiger partial charge is 0.488 e. The Bertz CT molecular complexity index is 1210. The number of nitrogens with one attached hydrogen (secondary N) is 1. The second-order valence-corrected chi connectivity index (χ2v) is 9.05. The van der Waals surface area contributed by atoms with Crippen LogP contribution in [0, 0.1) is 6.92 Å². The van der Waals surface area contributed by atoms with Gasteiger partial charge in [0.05, 0.1) is 24.9 Å². The smallest absolute Gasteiger partial charge is 0.146 e. The lowest BCUT2D eigenvalue weighted by atomic mass is 10.1. The number of ether oxygens (including phenoxy) is 2. The molecule has 9 heteroatoms. The van der Waals surface area contributed by atoms with E-state index in [1.165, 1.54) is 0 Å². The molecule has 5 rings (SSSR count). The average molecular weight is 449 g/mol. The summed E-state index contributed by atoms with van der Waals surface area (Å²) in [6, 6.07) is 7.86. The van der Waals surface area contributed by atoms with E-state index in [4.69, 9.17) is 9.47 Å². The molecular formula is C23H24N6O2S. The molecule has 8 nitrogen and oxygen atoms in total. The molecular weight excluding hydrogens is 424 g/mol. The number of anilines is 1. The molecule has 0 amide bonds. The molecule has 1 saturated heterocycles. The van der Waals surface area contributed by atoms with Gasteiger partial charge >= 0.3 is 0 Å². The van der Waals surface area contributed by atoms with Crippen molar-refractivity contribution in [3.8, 4) is 16.3 Å². The number of fused-ring (bicyclic) bond motifs is 1. The highest BCUT2D eigenvalue weighted by Crippen LogP contribution is 2.37. The van der Waals surface area contributed by atoms with E-state index in [1.807, 2.05) is 31.3 Å². The van der Waals surface area contributed by atoms with Crippen LogP contribution in [0.3, 0.4) is 0 Å². The highest BCUT2D eigenvalue weighted by atomic mass is 32.1. The normalized spacial score (nSPS) is 15.6.